The maximum atomic E-state index is 10.1. The first-order valence-electron chi connectivity index (χ1n) is 2.01. The highest BCUT2D eigenvalue weighted by atomic mass is 31.2. The van der Waals surface area contributed by atoms with Crippen molar-refractivity contribution in [2.24, 2.45) is 5.73 Å². The summed E-state index contributed by atoms with van der Waals surface area (Å²) in [6.45, 7) is 0. The molecule has 0 atom stereocenters. The Bertz CT molecular complexity index is 178. The highest BCUT2D eigenvalue weighted by Crippen LogP contribution is 2.56. The Kier molecular flexibility index (Phi) is 2.78. The van der Waals surface area contributed by atoms with Gasteiger partial charge in [-0.3, -0.25) is 9.13 Å². The fourth-order valence-electron chi connectivity index (χ4n) is 0.196. The van der Waals surface area contributed by atoms with Crippen molar-refractivity contribution < 1.29 is 28.7 Å². The second-order valence-corrected chi connectivity index (χ2v) is 5.47. The van der Waals surface area contributed by atoms with Crippen LogP contribution in [0.25, 0.3) is 0 Å². The lowest BCUT2D eigenvalue weighted by molar-refractivity contribution is 0.339. The van der Waals surface area contributed by atoms with Gasteiger partial charge in [-0.25, -0.2) is 0 Å². The summed E-state index contributed by atoms with van der Waals surface area (Å²) < 4.78 is 20.1. The Labute approximate surface area is 56.2 Å². The minimum atomic E-state index is -4.86. The van der Waals surface area contributed by atoms with E-state index in [0.29, 0.717) is 0 Å². The Morgan fingerprint density at radius 2 is 1.20 bits per heavy atom. The van der Waals surface area contributed by atoms with Gasteiger partial charge in [-0.2, -0.15) is 0 Å². The van der Waals surface area contributed by atoms with E-state index in [1.165, 1.54) is 0 Å². The summed E-state index contributed by atoms with van der Waals surface area (Å²) in [5.41, 5.74) is 2.10. The highest BCUT2D eigenvalue weighted by Gasteiger charge is 2.39. The van der Waals surface area contributed by atoms with Crippen LogP contribution < -0.4 is 5.73 Å². The lowest BCUT2D eigenvalue weighted by Crippen LogP contribution is -2.19. The van der Waals surface area contributed by atoms with E-state index in [1.54, 1.807) is 0 Å². The number of rotatable bonds is 2. The summed E-state index contributed by atoms with van der Waals surface area (Å²) in [4.78, 5) is 32.5. The lowest BCUT2D eigenvalue weighted by Gasteiger charge is -2.13. The summed E-state index contributed by atoms with van der Waals surface area (Å²) in [7, 11) is -9.73. The molecule has 0 saturated carbocycles. The molecule has 0 rings (SSSR count). The van der Waals surface area contributed by atoms with Crippen molar-refractivity contribution in [2.75, 3.05) is 0 Å². The zero-order valence-electron chi connectivity index (χ0n) is 4.65. The molecule has 0 saturated heterocycles. The van der Waals surface area contributed by atoms with Crippen LogP contribution in [-0.4, -0.2) is 25.1 Å². The van der Waals surface area contributed by atoms with Crippen molar-refractivity contribution in [3.05, 3.63) is 0 Å². The third-order valence-corrected chi connectivity index (χ3v) is 3.87. The van der Waals surface area contributed by atoms with Gasteiger partial charge in [-0.15, -0.1) is 0 Å². The largest absolute Gasteiger partial charge is 0.354 e. The zero-order valence-corrected chi connectivity index (χ0v) is 6.44. The third kappa shape index (κ3) is 2.90. The van der Waals surface area contributed by atoms with E-state index in [-0.39, 0.29) is 0 Å². The maximum absolute atomic E-state index is 10.1. The molecule has 0 aromatic rings. The predicted octanol–water partition coefficient (Wildman–Crippen LogP) is -1.42. The molecule has 0 unspecified atom stereocenters. The quantitative estimate of drug-likeness (QED) is 0.337. The Hall–Kier alpha value is 0.260. The summed E-state index contributed by atoms with van der Waals surface area (Å²) >= 11 is 0. The molecule has 7 nitrogen and oxygen atoms in total. The van der Waals surface area contributed by atoms with Crippen molar-refractivity contribution >= 4 is 15.2 Å². The lowest BCUT2D eigenvalue weighted by atomic mass is 11.5. The fraction of sp³-hybridized carbons (Fsp3) is 1.00. The summed E-state index contributed by atoms with van der Waals surface area (Å²) in [6, 6.07) is 0. The summed E-state index contributed by atoms with van der Waals surface area (Å²) in [6.07, 6.45) is 0. The molecule has 10 heavy (non-hydrogen) atoms. The molecule has 6 N–H and O–H groups in total. The fourth-order valence-corrected chi connectivity index (χ4v) is 1.76. The molecule has 0 spiro atoms. The molecule has 0 fully saturated rings. The molecule has 0 aliphatic heterocycles. The van der Waals surface area contributed by atoms with Gasteiger partial charge >= 0.3 is 15.2 Å². The van der Waals surface area contributed by atoms with Gasteiger partial charge in [0.15, 0.2) is 0 Å². The van der Waals surface area contributed by atoms with Gasteiger partial charge in [0, 0.05) is 0 Å². The van der Waals surface area contributed by atoms with E-state index < -0.39 is 20.7 Å². The van der Waals surface area contributed by atoms with Gasteiger partial charge in [0.1, 0.15) is 0 Å². The van der Waals surface area contributed by atoms with Crippen molar-refractivity contribution in [1.29, 1.82) is 0 Å². The first-order valence-corrected chi connectivity index (χ1v) is 5.38. The van der Waals surface area contributed by atoms with Gasteiger partial charge < -0.3 is 25.3 Å². The van der Waals surface area contributed by atoms with Gasteiger partial charge in [-0.05, 0) is 0 Å². The van der Waals surface area contributed by atoms with E-state index in [1.807, 2.05) is 0 Å². The SMILES string of the molecule is NC(P(=O)(O)O)P(=O)(O)O. The van der Waals surface area contributed by atoms with Crippen molar-refractivity contribution in [1.82, 2.24) is 0 Å². The molecule has 0 aromatic heterocycles. The monoisotopic (exact) mass is 191 g/mol. The topological polar surface area (TPSA) is 141 Å². The molecule has 0 amide bonds. The summed E-state index contributed by atoms with van der Waals surface area (Å²) in [5, 5.41) is 0. The van der Waals surface area contributed by atoms with Crippen LogP contribution in [0.15, 0.2) is 0 Å². The Morgan fingerprint density at radius 1 is 1.00 bits per heavy atom. The van der Waals surface area contributed by atoms with Crippen LogP contribution in [0.2, 0.25) is 0 Å². The van der Waals surface area contributed by atoms with Crippen molar-refractivity contribution in [3.8, 4) is 0 Å². The van der Waals surface area contributed by atoms with Gasteiger partial charge in [0.25, 0.3) is 0 Å². The van der Waals surface area contributed by atoms with E-state index in [4.69, 9.17) is 19.6 Å². The van der Waals surface area contributed by atoms with E-state index in [0.717, 1.165) is 0 Å². The van der Waals surface area contributed by atoms with Crippen molar-refractivity contribution in [2.45, 2.75) is 5.52 Å². The van der Waals surface area contributed by atoms with E-state index in [9.17, 15) is 9.13 Å². The van der Waals surface area contributed by atoms with Crippen LogP contribution in [0.4, 0.5) is 0 Å². The van der Waals surface area contributed by atoms with Gasteiger partial charge in [0.05, 0.1) is 0 Å². The summed E-state index contributed by atoms with van der Waals surface area (Å²) in [5.74, 6) is 0. The maximum Gasteiger partial charge on any atom is 0.354 e. The molecule has 62 valence electrons. The average molecular weight is 191 g/mol. The molecule has 0 aliphatic rings. The molecule has 0 aliphatic carbocycles. The predicted molar refractivity (Wildman–Crippen MR) is 32.1 cm³/mol. The van der Waals surface area contributed by atoms with Crippen LogP contribution in [-0.2, 0) is 9.13 Å². The molecule has 0 aromatic carbocycles. The van der Waals surface area contributed by atoms with Gasteiger partial charge in [0.2, 0.25) is 5.52 Å². The van der Waals surface area contributed by atoms with E-state index in [2.05, 4.69) is 5.73 Å². The van der Waals surface area contributed by atoms with Crippen LogP contribution in [0.3, 0.4) is 0 Å². The Morgan fingerprint density at radius 3 is 1.20 bits per heavy atom. The second kappa shape index (κ2) is 2.71. The van der Waals surface area contributed by atoms with Crippen molar-refractivity contribution in [3.63, 3.8) is 0 Å². The molecule has 0 heterocycles. The van der Waals surface area contributed by atoms with Crippen LogP contribution in [0, 0.1) is 0 Å². The number of hydrogen-bond acceptors (Lipinski definition) is 3. The second-order valence-electron chi connectivity index (χ2n) is 1.59. The standard InChI is InChI=1S/CH7NO6P2/c2-1(9(3,4)5)10(6,7)8/h1H,2H2,(H2,3,4,5)(H2,6,7,8). The first kappa shape index (κ1) is 10.3. The van der Waals surface area contributed by atoms with Crippen LogP contribution in [0.5, 0.6) is 0 Å². The number of hydrogen-bond donors (Lipinski definition) is 5. The highest BCUT2D eigenvalue weighted by molar-refractivity contribution is 7.70. The van der Waals surface area contributed by atoms with Crippen LogP contribution in [0.1, 0.15) is 0 Å². The zero-order chi connectivity index (χ0) is 8.58. The molecule has 0 radical (unpaired) electrons. The van der Waals surface area contributed by atoms with Crippen LogP contribution >= 0.6 is 15.2 Å². The smallest absolute Gasteiger partial charge is 0.323 e. The molecule has 9 heteroatoms. The number of nitrogens with two attached hydrogens (primary N) is 1. The molecule has 0 bridgehead atoms. The minimum absolute atomic E-state index is 2.40. The normalized spacial score (nSPS) is 14.2. The Balaban J connectivity index is 4.56. The molecular formula is CH7NO6P2. The third-order valence-electron chi connectivity index (χ3n) is 0.689. The minimum Gasteiger partial charge on any atom is -0.323 e. The van der Waals surface area contributed by atoms with E-state index >= 15 is 0 Å². The molecular weight excluding hydrogens is 184 g/mol. The first-order chi connectivity index (χ1) is 4.15. The average Bonchev–Trinajstić information content (AvgIpc) is 1.59. The van der Waals surface area contributed by atoms with Gasteiger partial charge in [-0.1, -0.05) is 0 Å².